The summed E-state index contributed by atoms with van der Waals surface area (Å²) in [7, 11) is 0. The van der Waals surface area contributed by atoms with E-state index in [-0.39, 0.29) is 4.75 Å². The minimum atomic E-state index is 0.155. The second-order valence-corrected chi connectivity index (χ2v) is 5.94. The Hall–Kier alpha value is -1.21. The van der Waals surface area contributed by atoms with Crippen molar-refractivity contribution in [3.8, 4) is 0 Å². The molecule has 0 aliphatic carbocycles. The smallest absolute Gasteiger partial charge is 0.0424 e. The molecule has 0 aliphatic heterocycles. The van der Waals surface area contributed by atoms with Crippen molar-refractivity contribution in [2.45, 2.75) is 29.9 Å². The highest BCUT2D eigenvalue weighted by atomic mass is 32.2. The number of hydrogen-bond donors (Lipinski definition) is 0. The molecule has 0 nitrogen and oxygen atoms in total. The Balaban J connectivity index is 2.27. The van der Waals surface area contributed by atoms with Crippen LogP contribution in [0.25, 0.3) is 0 Å². The minimum absolute atomic E-state index is 0.155. The van der Waals surface area contributed by atoms with Crippen LogP contribution in [0.5, 0.6) is 0 Å². The van der Waals surface area contributed by atoms with Crippen LogP contribution in [0.4, 0.5) is 0 Å². The first-order valence-electron chi connectivity index (χ1n) is 6.04. The lowest BCUT2D eigenvalue weighted by Gasteiger charge is -2.28. The molecule has 0 saturated carbocycles. The summed E-state index contributed by atoms with van der Waals surface area (Å²) in [6.07, 6.45) is 1.12. The molecule has 0 N–H and O–H groups in total. The molecule has 0 saturated heterocycles. The van der Waals surface area contributed by atoms with E-state index in [0.29, 0.717) is 0 Å². The van der Waals surface area contributed by atoms with E-state index in [2.05, 4.69) is 74.5 Å². The summed E-state index contributed by atoms with van der Waals surface area (Å²) in [4.78, 5) is 1.33. The van der Waals surface area contributed by atoms with Crippen molar-refractivity contribution < 1.29 is 0 Å². The van der Waals surface area contributed by atoms with Gasteiger partial charge in [0, 0.05) is 9.64 Å². The lowest BCUT2D eigenvalue weighted by Crippen LogP contribution is -2.15. The van der Waals surface area contributed by atoms with Gasteiger partial charge in [0.15, 0.2) is 0 Å². The fourth-order valence-corrected chi connectivity index (χ4v) is 3.09. The van der Waals surface area contributed by atoms with E-state index >= 15 is 0 Å². The first-order chi connectivity index (χ1) is 8.24. The molecule has 0 spiro atoms. The summed E-state index contributed by atoms with van der Waals surface area (Å²) >= 11 is 1.94. The van der Waals surface area contributed by atoms with Crippen molar-refractivity contribution in [3.05, 3.63) is 66.2 Å². The molecule has 0 fully saturated rings. The van der Waals surface area contributed by atoms with Crippen LogP contribution in [-0.2, 0) is 4.75 Å². The predicted octanol–water partition coefficient (Wildman–Crippen LogP) is 5.10. The molecule has 0 aliphatic rings. The molecule has 17 heavy (non-hydrogen) atoms. The molecular formula is C16H18S. The van der Waals surface area contributed by atoms with Crippen molar-refractivity contribution in [2.75, 3.05) is 0 Å². The Morgan fingerprint density at radius 1 is 0.882 bits per heavy atom. The predicted molar refractivity (Wildman–Crippen MR) is 76.4 cm³/mol. The lowest BCUT2D eigenvalue weighted by molar-refractivity contribution is 0.664. The van der Waals surface area contributed by atoms with Crippen LogP contribution >= 0.6 is 11.8 Å². The third-order valence-corrected chi connectivity index (χ3v) is 4.63. The Labute approximate surface area is 108 Å². The van der Waals surface area contributed by atoms with Gasteiger partial charge in [0.05, 0.1) is 0 Å². The number of rotatable bonds is 4. The molecule has 2 aromatic carbocycles. The Morgan fingerprint density at radius 2 is 1.41 bits per heavy atom. The van der Waals surface area contributed by atoms with Gasteiger partial charge in [-0.3, -0.25) is 0 Å². The SMILES string of the molecule is CCC(C)(Sc1ccccc1)c1ccccc1. The first-order valence-corrected chi connectivity index (χ1v) is 6.86. The fourth-order valence-electron chi connectivity index (χ4n) is 1.87. The maximum absolute atomic E-state index is 2.32. The van der Waals surface area contributed by atoms with Crippen LogP contribution < -0.4 is 0 Å². The van der Waals surface area contributed by atoms with E-state index in [4.69, 9.17) is 0 Å². The van der Waals surface area contributed by atoms with E-state index < -0.39 is 0 Å². The summed E-state index contributed by atoms with van der Waals surface area (Å²) < 4.78 is 0.155. The van der Waals surface area contributed by atoms with Crippen LogP contribution in [-0.4, -0.2) is 0 Å². The average molecular weight is 242 g/mol. The Morgan fingerprint density at radius 3 is 1.94 bits per heavy atom. The van der Waals surface area contributed by atoms with E-state index in [1.54, 1.807) is 0 Å². The van der Waals surface area contributed by atoms with Crippen LogP contribution in [0.3, 0.4) is 0 Å². The summed E-state index contributed by atoms with van der Waals surface area (Å²) in [5, 5.41) is 0. The maximum Gasteiger partial charge on any atom is 0.0424 e. The van der Waals surface area contributed by atoms with E-state index in [0.717, 1.165) is 6.42 Å². The van der Waals surface area contributed by atoms with E-state index in [1.165, 1.54) is 10.5 Å². The van der Waals surface area contributed by atoms with Crippen LogP contribution in [0, 0.1) is 0 Å². The molecule has 1 atom stereocenters. The molecule has 1 unspecified atom stereocenters. The van der Waals surface area contributed by atoms with Gasteiger partial charge in [-0.25, -0.2) is 0 Å². The molecule has 88 valence electrons. The normalized spacial score (nSPS) is 14.2. The van der Waals surface area contributed by atoms with Gasteiger partial charge in [0.1, 0.15) is 0 Å². The minimum Gasteiger partial charge on any atom is -0.115 e. The molecule has 0 radical (unpaired) electrons. The van der Waals surface area contributed by atoms with Gasteiger partial charge in [-0.2, -0.15) is 0 Å². The van der Waals surface area contributed by atoms with Crippen LogP contribution in [0.15, 0.2) is 65.6 Å². The Bertz CT molecular complexity index is 449. The van der Waals surface area contributed by atoms with Crippen LogP contribution in [0.1, 0.15) is 25.8 Å². The highest BCUT2D eigenvalue weighted by molar-refractivity contribution is 8.00. The highest BCUT2D eigenvalue weighted by Gasteiger charge is 2.25. The molecule has 1 heteroatoms. The van der Waals surface area contributed by atoms with Crippen molar-refractivity contribution in [1.29, 1.82) is 0 Å². The number of thioether (sulfide) groups is 1. The highest BCUT2D eigenvalue weighted by Crippen LogP contribution is 2.43. The average Bonchev–Trinajstić information content (AvgIpc) is 2.41. The summed E-state index contributed by atoms with van der Waals surface area (Å²) in [5.74, 6) is 0. The van der Waals surface area contributed by atoms with Gasteiger partial charge in [0.2, 0.25) is 0 Å². The second-order valence-electron chi connectivity index (χ2n) is 4.37. The third kappa shape index (κ3) is 2.92. The van der Waals surface area contributed by atoms with Gasteiger partial charge >= 0.3 is 0 Å². The zero-order valence-corrected chi connectivity index (χ0v) is 11.2. The van der Waals surface area contributed by atoms with Crippen molar-refractivity contribution in [1.82, 2.24) is 0 Å². The first kappa shape index (κ1) is 12.3. The van der Waals surface area contributed by atoms with Gasteiger partial charge in [-0.05, 0) is 31.0 Å². The van der Waals surface area contributed by atoms with Gasteiger partial charge in [0.25, 0.3) is 0 Å². The van der Waals surface area contributed by atoms with E-state index in [1.807, 2.05) is 11.8 Å². The zero-order chi connectivity index (χ0) is 12.1. The Kier molecular flexibility index (Phi) is 3.90. The molecule has 0 heterocycles. The largest absolute Gasteiger partial charge is 0.115 e. The molecule has 0 amide bonds. The zero-order valence-electron chi connectivity index (χ0n) is 10.4. The summed E-state index contributed by atoms with van der Waals surface area (Å²) in [6.45, 7) is 4.57. The summed E-state index contributed by atoms with van der Waals surface area (Å²) in [5.41, 5.74) is 1.40. The standard InChI is InChI=1S/C16H18S/c1-3-16(2,14-10-6-4-7-11-14)17-15-12-8-5-9-13-15/h4-13H,3H2,1-2H3. The van der Waals surface area contributed by atoms with Crippen LogP contribution in [0.2, 0.25) is 0 Å². The lowest BCUT2D eigenvalue weighted by atomic mass is 9.98. The van der Waals surface area contributed by atoms with Gasteiger partial charge in [-0.1, -0.05) is 55.5 Å². The molecule has 0 bridgehead atoms. The van der Waals surface area contributed by atoms with E-state index in [9.17, 15) is 0 Å². The maximum atomic E-state index is 2.32. The molecule has 0 aromatic heterocycles. The number of benzene rings is 2. The van der Waals surface area contributed by atoms with Gasteiger partial charge in [-0.15, -0.1) is 11.8 Å². The quantitative estimate of drug-likeness (QED) is 0.672. The monoisotopic (exact) mass is 242 g/mol. The third-order valence-electron chi connectivity index (χ3n) is 3.15. The van der Waals surface area contributed by atoms with Crippen molar-refractivity contribution in [3.63, 3.8) is 0 Å². The van der Waals surface area contributed by atoms with Gasteiger partial charge < -0.3 is 0 Å². The molecular weight excluding hydrogens is 224 g/mol. The summed E-state index contributed by atoms with van der Waals surface area (Å²) in [6, 6.07) is 21.4. The fraction of sp³-hybridized carbons (Fsp3) is 0.250. The van der Waals surface area contributed by atoms with Crippen molar-refractivity contribution in [2.24, 2.45) is 0 Å². The topological polar surface area (TPSA) is 0 Å². The molecule has 2 rings (SSSR count). The second kappa shape index (κ2) is 5.42. The number of hydrogen-bond acceptors (Lipinski definition) is 1. The van der Waals surface area contributed by atoms with Crippen molar-refractivity contribution >= 4 is 11.8 Å². The molecule has 2 aromatic rings.